The van der Waals surface area contributed by atoms with Gasteiger partial charge in [-0.2, -0.15) is 5.10 Å². The van der Waals surface area contributed by atoms with Crippen molar-refractivity contribution in [3.63, 3.8) is 0 Å². The van der Waals surface area contributed by atoms with Crippen LogP contribution in [0.2, 0.25) is 0 Å². The molecule has 2 aromatic rings. The Kier molecular flexibility index (Phi) is 3.52. The number of rotatable bonds is 3. The second-order valence-electron chi connectivity index (χ2n) is 3.34. The molecule has 4 N–H and O–H groups in total. The predicted octanol–water partition coefficient (Wildman–Crippen LogP) is 2.02. The van der Waals surface area contributed by atoms with Crippen LogP contribution in [0.4, 0.5) is 0 Å². The summed E-state index contributed by atoms with van der Waals surface area (Å²) in [5.74, 6) is -0.0407. The summed E-state index contributed by atoms with van der Waals surface area (Å²) in [5, 5.41) is 7.32. The Morgan fingerprint density at radius 1 is 1.06 bits per heavy atom. The molecule has 0 atom stereocenters. The Balaban J connectivity index is 2.17. The van der Waals surface area contributed by atoms with Gasteiger partial charge in [-0.1, -0.05) is 30.3 Å². The summed E-state index contributed by atoms with van der Waals surface area (Å²) >= 11 is 1.64. The van der Waals surface area contributed by atoms with Crippen molar-refractivity contribution in [2.45, 2.75) is 0 Å². The first kappa shape index (κ1) is 11.3. The summed E-state index contributed by atoms with van der Waals surface area (Å²) in [5.41, 5.74) is 11.5. The summed E-state index contributed by atoms with van der Waals surface area (Å²) in [7, 11) is 0. The average molecular weight is 244 g/mol. The van der Waals surface area contributed by atoms with Gasteiger partial charge in [-0.15, -0.1) is 16.4 Å². The van der Waals surface area contributed by atoms with Gasteiger partial charge >= 0.3 is 0 Å². The predicted molar refractivity (Wildman–Crippen MR) is 73.2 cm³/mol. The van der Waals surface area contributed by atoms with Crippen LogP contribution in [0, 0.1) is 0 Å². The van der Waals surface area contributed by atoms with Crippen molar-refractivity contribution in [2.24, 2.45) is 21.7 Å². The van der Waals surface area contributed by atoms with E-state index in [0.29, 0.717) is 0 Å². The van der Waals surface area contributed by atoms with Crippen molar-refractivity contribution in [3.8, 4) is 10.4 Å². The fourth-order valence-corrected chi connectivity index (χ4v) is 2.21. The van der Waals surface area contributed by atoms with E-state index in [9.17, 15) is 0 Å². The second-order valence-corrected chi connectivity index (χ2v) is 4.45. The molecule has 0 fully saturated rings. The third kappa shape index (κ3) is 3.15. The Labute approximate surface area is 103 Å². The summed E-state index contributed by atoms with van der Waals surface area (Å²) in [6.45, 7) is 0. The van der Waals surface area contributed by atoms with Gasteiger partial charge in [-0.3, -0.25) is 0 Å². The van der Waals surface area contributed by atoms with Crippen molar-refractivity contribution in [3.05, 3.63) is 47.3 Å². The number of thiophene rings is 1. The van der Waals surface area contributed by atoms with E-state index in [1.807, 2.05) is 24.3 Å². The molecular weight excluding hydrogens is 232 g/mol. The maximum atomic E-state index is 5.17. The Bertz CT molecular complexity index is 539. The monoisotopic (exact) mass is 244 g/mol. The van der Waals surface area contributed by atoms with Gasteiger partial charge in [-0.25, -0.2) is 0 Å². The highest BCUT2D eigenvalue weighted by Crippen LogP contribution is 2.26. The minimum Gasteiger partial charge on any atom is -0.369 e. The van der Waals surface area contributed by atoms with Gasteiger partial charge in [0.15, 0.2) is 0 Å². The van der Waals surface area contributed by atoms with Crippen LogP contribution < -0.4 is 11.5 Å². The molecule has 0 aliphatic heterocycles. The number of nitrogens with zero attached hydrogens (tertiary/aromatic N) is 2. The van der Waals surface area contributed by atoms with Gasteiger partial charge < -0.3 is 11.5 Å². The average Bonchev–Trinajstić information content (AvgIpc) is 2.78. The third-order valence-electron chi connectivity index (χ3n) is 2.04. The van der Waals surface area contributed by atoms with Crippen molar-refractivity contribution in [1.29, 1.82) is 0 Å². The quantitative estimate of drug-likeness (QED) is 0.492. The lowest BCUT2D eigenvalue weighted by Crippen LogP contribution is -2.21. The zero-order chi connectivity index (χ0) is 12.1. The molecule has 0 saturated carbocycles. The first-order valence-electron chi connectivity index (χ1n) is 5.03. The van der Waals surface area contributed by atoms with Gasteiger partial charge in [0.25, 0.3) is 0 Å². The number of hydrogen-bond acceptors (Lipinski definition) is 3. The van der Waals surface area contributed by atoms with Crippen LogP contribution in [0.25, 0.3) is 10.4 Å². The lowest BCUT2D eigenvalue weighted by atomic mass is 10.2. The van der Waals surface area contributed by atoms with E-state index in [4.69, 9.17) is 11.5 Å². The summed E-state index contributed by atoms with van der Waals surface area (Å²) in [4.78, 5) is 2.20. The number of hydrogen-bond donors (Lipinski definition) is 2. The normalized spacial score (nSPS) is 10.6. The molecule has 1 aromatic heterocycles. The Hall–Kier alpha value is -2.14. The molecule has 1 heterocycles. The molecule has 86 valence electrons. The molecule has 2 rings (SSSR count). The molecule has 17 heavy (non-hydrogen) atoms. The topological polar surface area (TPSA) is 76.8 Å². The lowest BCUT2D eigenvalue weighted by molar-refractivity contribution is 1.22. The molecule has 0 radical (unpaired) electrons. The van der Waals surface area contributed by atoms with Crippen molar-refractivity contribution >= 4 is 23.5 Å². The molecule has 1 aromatic carbocycles. The highest BCUT2D eigenvalue weighted by molar-refractivity contribution is 7.17. The lowest BCUT2D eigenvalue weighted by Gasteiger charge is -1.93. The van der Waals surface area contributed by atoms with Crippen LogP contribution >= 0.6 is 11.3 Å². The summed E-state index contributed by atoms with van der Waals surface area (Å²) in [6.07, 6.45) is 1.64. The molecule has 0 spiro atoms. The third-order valence-corrected chi connectivity index (χ3v) is 3.11. The minimum absolute atomic E-state index is 0.0407. The van der Waals surface area contributed by atoms with E-state index in [2.05, 4.69) is 28.4 Å². The zero-order valence-corrected chi connectivity index (χ0v) is 9.89. The van der Waals surface area contributed by atoms with E-state index < -0.39 is 0 Å². The van der Waals surface area contributed by atoms with Crippen LogP contribution in [0.5, 0.6) is 0 Å². The van der Waals surface area contributed by atoms with Crippen LogP contribution in [-0.4, -0.2) is 12.2 Å². The summed E-state index contributed by atoms with van der Waals surface area (Å²) in [6, 6.07) is 14.2. The van der Waals surface area contributed by atoms with Gasteiger partial charge in [0.1, 0.15) is 0 Å². The van der Waals surface area contributed by atoms with E-state index in [-0.39, 0.29) is 5.96 Å². The molecule has 0 aliphatic rings. The minimum atomic E-state index is -0.0407. The molecule has 4 nitrogen and oxygen atoms in total. The van der Waals surface area contributed by atoms with E-state index in [1.165, 1.54) is 10.4 Å². The highest BCUT2D eigenvalue weighted by Gasteiger charge is 2.00. The van der Waals surface area contributed by atoms with Gasteiger partial charge in [0.05, 0.1) is 6.21 Å². The van der Waals surface area contributed by atoms with Crippen LogP contribution in [-0.2, 0) is 0 Å². The largest absolute Gasteiger partial charge is 0.369 e. The van der Waals surface area contributed by atoms with E-state index >= 15 is 0 Å². The molecular formula is C12H12N4S. The number of benzene rings is 1. The Morgan fingerprint density at radius 2 is 1.82 bits per heavy atom. The highest BCUT2D eigenvalue weighted by atomic mass is 32.1. The molecule has 0 unspecified atom stereocenters. The first-order chi connectivity index (χ1) is 8.25. The Morgan fingerprint density at radius 3 is 2.53 bits per heavy atom. The maximum Gasteiger partial charge on any atom is 0.211 e. The van der Waals surface area contributed by atoms with Crippen LogP contribution in [0.15, 0.2) is 52.7 Å². The molecule has 5 heteroatoms. The van der Waals surface area contributed by atoms with Crippen molar-refractivity contribution in [2.75, 3.05) is 0 Å². The molecule has 0 saturated heterocycles. The van der Waals surface area contributed by atoms with Gasteiger partial charge in [0.2, 0.25) is 5.96 Å². The second kappa shape index (κ2) is 5.27. The van der Waals surface area contributed by atoms with E-state index in [0.717, 1.165) is 4.88 Å². The van der Waals surface area contributed by atoms with Crippen molar-refractivity contribution in [1.82, 2.24) is 0 Å². The zero-order valence-electron chi connectivity index (χ0n) is 9.08. The van der Waals surface area contributed by atoms with E-state index in [1.54, 1.807) is 17.6 Å². The smallest absolute Gasteiger partial charge is 0.211 e. The van der Waals surface area contributed by atoms with Crippen molar-refractivity contribution < 1.29 is 0 Å². The fraction of sp³-hybridized carbons (Fsp3) is 0. The molecule has 0 amide bonds. The summed E-state index contributed by atoms with van der Waals surface area (Å²) < 4.78 is 0. The molecule has 0 aliphatic carbocycles. The molecule has 0 bridgehead atoms. The first-order valence-corrected chi connectivity index (χ1v) is 5.84. The SMILES string of the molecule is NC(N)=N/N=C\c1ccc(-c2ccccc2)s1. The van der Waals surface area contributed by atoms with Crippen LogP contribution in [0.1, 0.15) is 4.88 Å². The van der Waals surface area contributed by atoms with Crippen LogP contribution in [0.3, 0.4) is 0 Å². The standard InChI is InChI=1S/C12H12N4S/c13-12(14)16-15-8-10-6-7-11(17-10)9-4-2-1-3-5-9/h1-8H,(H4,13,14,16)/b15-8-. The number of guanidine groups is 1. The fourth-order valence-electron chi connectivity index (χ4n) is 1.33. The van der Waals surface area contributed by atoms with Gasteiger partial charge in [0, 0.05) is 9.75 Å². The number of nitrogens with two attached hydrogens (primary N) is 2. The maximum absolute atomic E-state index is 5.17. The van der Waals surface area contributed by atoms with Gasteiger partial charge in [-0.05, 0) is 17.7 Å².